The Morgan fingerprint density at radius 3 is 2.19 bits per heavy atom. The SMILES string of the molecule is Cc1cccc2sc(N(CCN(C)C)C(=O)c3ccc(S(=O)(=O)N(C)C)cc3)nc12.Cl. The van der Waals surface area contributed by atoms with Crippen LogP contribution in [0.1, 0.15) is 15.9 Å². The number of amides is 1. The Kier molecular flexibility index (Phi) is 8.18. The van der Waals surface area contributed by atoms with Crippen molar-refractivity contribution in [1.29, 1.82) is 0 Å². The molecular formula is C21H27ClN4O3S2. The Morgan fingerprint density at radius 2 is 1.65 bits per heavy atom. The summed E-state index contributed by atoms with van der Waals surface area (Å²) in [5, 5.41) is 0.635. The Morgan fingerprint density at radius 1 is 1.00 bits per heavy atom. The molecular weight excluding hydrogens is 456 g/mol. The molecule has 1 aromatic heterocycles. The molecule has 1 amide bonds. The number of aromatic nitrogens is 1. The molecule has 168 valence electrons. The van der Waals surface area contributed by atoms with Crippen LogP contribution in [-0.2, 0) is 10.0 Å². The molecule has 0 N–H and O–H groups in total. The van der Waals surface area contributed by atoms with Crippen LogP contribution >= 0.6 is 23.7 Å². The first-order valence-electron chi connectivity index (χ1n) is 9.46. The molecule has 0 aliphatic carbocycles. The van der Waals surface area contributed by atoms with Crippen molar-refractivity contribution in [1.82, 2.24) is 14.2 Å². The second-order valence-corrected chi connectivity index (χ2v) is 10.7. The van der Waals surface area contributed by atoms with Gasteiger partial charge in [0.1, 0.15) is 0 Å². The molecule has 0 radical (unpaired) electrons. The molecule has 3 aromatic rings. The van der Waals surface area contributed by atoms with Crippen LogP contribution in [0.15, 0.2) is 47.4 Å². The lowest BCUT2D eigenvalue weighted by atomic mass is 10.2. The number of anilines is 1. The largest absolute Gasteiger partial charge is 0.308 e. The third-order valence-corrected chi connectivity index (χ3v) is 7.61. The van der Waals surface area contributed by atoms with Crippen molar-refractivity contribution >= 4 is 55.0 Å². The van der Waals surface area contributed by atoms with E-state index in [-0.39, 0.29) is 23.2 Å². The van der Waals surface area contributed by atoms with Crippen molar-refractivity contribution in [2.45, 2.75) is 11.8 Å². The molecule has 7 nitrogen and oxygen atoms in total. The van der Waals surface area contributed by atoms with Gasteiger partial charge < -0.3 is 4.90 Å². The Hall–Kier alpha value is -2.04. The maximum atomic E-state index is 13.3. The lowest BCUT2D eigenvalue weighted by Crippen LogP contribution is -2.36. The van der Waals surface area contributed by atoms with Crippen LogP contribution in [0.2, 0.25) is 0 Å². The van der Waals surface area contributed by atoms with E-state index in [9.17, 15) is 13.2 Å². The molecule has 0 saturated carbocycles. The van der Waals surface area contributed by atoms with Crippen LogP contribution in [0.25, 0.3) is 10.2 Å². The number of fused-ring (bicyclic) bond motifs is 1. The van der Waals surface area contributed by atoms with Gasteiger partial charge in [-0.1, -0.05) is 23.5 Å². The number of benzene rings is 2. The Balaban J connectivity index is 0.00000341. The van der Waals surface area contributed by atoms with E-state index in [1.165, 1.54) is 37.6 Å². The van der Waals surface area contributed by atoms with Gasteiger partial charge in [0.05, 0.1) is 15.1 Å². The summed E-state index contributed by atoms with van der Waals surface area (Å²) in [6.07, 6.45) is 0. The van der Waals surface area contributed by atoms with Crippen LogP contribution in [0.4, 0.5) is 5.13 Å². The van der Waals surface area contributed by atoms with E-state index in [0.29, 0.717) is 23.8 Å². The van der Waals surface area contributed by atoms with E-state index in [2.05, 4.69) is 0 Å². The number of rotatable bonds is 7. The minimum Gasteiger partial charge on any atom is -0.308 e. The summed E-state index contributed by atoms with van der Waals surface area (Å²) in [5.41, 5.74) is 2.38. The zero-order valence-corrected chi connectivity index (χ0v) is 20.6. The Labute approximate surface area is 193 Å². The third kappa shape index (κ3) is 5.42. The topological polar surface area (TPSA) is 73.8 Å². The number of hydrogen-bond donors (Lipinski definition) is 0. The number of aryl methyl sites for hydroxylation is 1. The van der Waals surface area contributed by atoms with Gasteiger partial charge in [0.15, 0.2) is 5.13 Å². The number of likely N-dealkylation sites (N-methyl/N-ethyl adjacent to an activating group) is 1. The maximum absolute atomic E-state index is 13.3. The fourth-order valence-corrected chi connectivity index (χ4v) is 4.88. The average Bonchev–Trinajstić information content (AvgIpc) is 3.13. The number of thiazole rings is 1. The summed E-state index contributed by atoms with van der Waals surface area (Å²) in [7, 11) is 3.31. The standard InChI is InChI=1S/C21H26N4O3S2.ClH/c1-15-7-6-8-18-19(15)22-21(29-18)25(14-13-23(2)3)20(26)16-9-11-17(12-10-16)30(27,28)24(4)5;/h6-12H,13-14H2,1-5H3;1H. The number of nitrogens with zero attached hydrogens (tertiary/aromatic N) is 4. The minimum absolute atomic E-state index is 0. The smallest absolute Gasteiger partial charge is 0.260 e. The van der Waals surface area contributed by atoms with Crippen molar-refractivity contribution in [3.05, 3.63) is 53.6 Å². The summed E-state index contributed by atoms with van der Waals surface area (Å²) >= 11 is 1.48. The summed E-state index contributed by atoms with van der Waals surface area (Å²) in [6.45, 7) is 3.15. The van der Waals surface area contributed by atoms with Gasteiger partial charge in [-0.05, 0) is 56.9 Å². The highest BCUT2D eigenvalue weighted by Crippen LogP contribution is 2.31. The normalized spacial score (nSPS) is 11.7. The van der Waals surface area contributed by atoms with E-state index in [1.54, 1.807) is 17.0 Å². The van der Waals surface area contributed by atoms with Crippen molar-refractivity contribution < 1.29 is 13.2 Å². The van der Waals surface area contributed by atoms with Gasteiger partial charge in [-0.25, -0.2) is 17.7 Å². The van der Waals surface area contributed by atoms with E-state index in [1.807, 2.05) is 44.1 Å². The summed E-state index contributed by atoms with van der Waals surface area (Å²) in [5.74, 6) is -0.206. The monoisotopic (exact) mass is 482 g/mol. The molecule has 1 heterocycles. The maximum Gasteiger partial charge on any atom is 0.260 e. The zero-order chi connectivity index (χ0) is 22.1. The van der Waals surface area contributed by atoms with Crippen molar-refractivity contribution in [3.8, 4) is 0 Å². The molecule has 0 saturated heterocycles. The molecule has 2 aromatic carbocycles. The molecule has 3 rings (SSSR count). The van der Waals surface area contributed by atoms with Gasteiger partial charge in [-0.15, -0.1) is 12.4 Å². The van der Waals surface area contributed by atoms with Crippen molar-refractivity contribution in [3.63, 3.8) is 0 Å². The van der Waals surface area contributed by atoms with Crippen LogP contribution in [-0.4, -0.2) is 69.8 Å². The van der Waals surface area contributed by atoms with Crippen LogP contribution in [0.5, 0.6) is 0 Å². The number of halogens is 1. The number of carbonyl (C=O) groups excluding carboxylic acids is 1. The molecule has 0 aliphatic heterocycles. The van der Waals surface area contributed by atoms with Gasteiger partial charge in [0.25, 0.3) is 5.91 Å². The zero-order valence-electron chi connectivity index (χ0n) is 18.2. The van der Waals surface area contributed by atoms with Gasteiger partial charge in [0, 0.05) is 32.7 Å². The summed E-state index contributed by atoms with van der Waals surface area (Å²) in [4.78, 5) is 21.9. The minimum atomic E-state index is -3.54. The highest BCUT2D eigenvalue weighted by Gasteiger charge is 2.23. The first-order valence-corrected chi connectivity index (χ1v) is 11.7. The first kappa shape index (κ1) is 25.2. The predicted molar refractivity (Wildman–Crippen MR) is 129 cm³/mol. The molecule has 0 aliphatic rings. The van der Waals surface area contributed by atoms with Crippen LogP contribution in [0.3, 0.4) is 0 Å². The third-order valence-electron chi connectivity index (χ3n) is 4.74. The highest BCUT2D eigenvalue weighted by atomic mass is 35.5. The number of sulfonamides is 1. The molecule has 0 spiro atoms. The van der Waals surface area contributed by atoms with Gasteiger partial charge in [0.2, 0.25) is 10.0 Å². The molecule has 0 fully saturated rings. The summed E-state index contributed by atoms with van der Waals surface area (Å²) < 4.78 is 26.8. The van der Waals surface area contributed by atoms with Gasteiger partial charge >= 0.3 is 0 Å². The summed E-state index contributed by atoms with van der Waals surface area (Å²) in [6, 6.07) is 12.0. The second-order valence-electron chi connectivity index (χ2n) is 7.49. The first-order chi connectivity index (χ1) is 14.1. The quantitative estimate of drug-likeness (QED) is 0.515. The molecule has 31 heavy (non-hydrogen) atoms. The fraction of sp³-hybridized carbons (Fsp3) is 0.333. The second kappa shape index (κ2) is 10.1. The Bertz CT molecular complexity index is 1160. The van der Waals surface area contributed by atoms with Crippen LogP contribution < -0.4 is 4.90 Å². The van der Waals surface area contributed by atoms with Gasteiger partial charge in [-0.3, -0.25) is 9.69 Å². The number of hydrogen-bond acceptors (Lipinski definition) is 6. The highest BCUT2D eigenvalue weighted by molar-refractivity contribution is 7.89. The van der Waals surface area contributed by atoms with E-state index < -0.39 is 10.0 Å². The lowest BCUT2D eigenvalue weighted by Gasteiger charge is -2.22. The average molecular weight is 483 g/mol. The number of para-hydroxylation sites is 1. The van der Waals surface area contributed by atoms with Crippen molar-refractivity contribution in [2.24, 2.45) is 0 Å². The number of carbonyl (C=O) groups is 1. The van der Waals surface area contributed by atoms with E-state index in [4.69, 9.17) is 4.98 Å². The predicted octanol–water partition coefficient (Wildman–Crippen LogP) is 3.49. The fourth-order valence-electron chi connectivity index (χ4n) is 2.91. The van der Waals surface area contributed by atoms with E-state index in [0.717, 1.165) is 20.1 Å². The molecule has 0 bridgehead atoms. The molecule has 0 unspecified atom stereocenters. The lowest BCUT2D eigenvalue weighted by molar-refractivity contribution is 0.0985. The molecule has 0 atom stereocenters. The van der Waals surface area contributed by atoms with Crippen LogP contribution in [0, 0.1) is 6.92 Å². The van der Waals surface area contributed by atoms with Crippen molar-refractivity contribution in [2.75, 3.05) is 46.2 Å². The van der Waals surface area contributed by atoms with Gasteiger partial charge in [-0.2, -0.15) is 0 Å². The van der Waals surface area contributed by atoms with E-state index >= 15 is 0 Å². The molecule has 10 heteroatoms.